The maximum absolute atomic E-state index is 13.4. The summed E-state index contributed by atoms with van der Waals surface area (Å²) in [6.07, 6.45) is 6.73. The monoisotopic (exact) mass is 558 g/mol. The highest BCUT2D eigenvalue weighted by Gasteiger charge is 2.26. The third-order valence-corrected chi connectivity index (χ3v) is 9.51. The van der Waals surface area contributed by atoms with Gasteiger partial charge in [-0.3, -0.25) is 9.30 Å². The Hall–Kier alpha value is -3.23. The molecule has 6 rings (SSSR count). The Morgan fingerprint density at radius 1 is 1.07 bits per heavy atom. The molecule has 2 aliphatic rings. The normalized spacial score (nSPS) is 18.6. The lowest BCUT2D eigenvalue weighted by Crippen LogP contribution is -2.37. The van der Waals surface area contributed by atoms with Crippen molar-refractivity contribution in [3.8, 4) is 11.3 Å². The van der Waals surface area contributed by atoms with Gasteiger partial charge in [-0.1, -0.05) is 26.5 Å². The van der Waals surface area contributed by atoms with Gasteiger partial charge in [0.25, 0.3) is 0 Å². The van der Waals surface area contributed by atoms with Gasteiger partial charge in [-0.2, -0.15) is 0 Å². The van der Waals surface area contributed by atoms with E-state index in [1.807, 2.05) is 5.38 Å². The standard InChI is InChI=1S/C32H39FN6S/c1-5-28-31(36(4)32-35-29(21-40-32)25-6-9-27(33)10-7-25)39-20-26(8-11-30(39)34-28)24-13-15-37(16-14-24)19-23(3)38-17-12-22(2)18-38/h6-11,20-22,24H,3,5,12-19H2,1-2,4H3. The lowest BCUT2D eigenvalue weighted by molar-refractivity contribution is 0.210. The van der Waals surface area contributed by atoms with Crippen LogP contribution in [-0.4, -0.2) is 63.9 Å². The largest absolute Gasteiger partial charge is 0.374 e. The second kappa shape index (κ2) is 11.3. The molecule has 0 bridgehead atoms. The van der Waals surface area contributed by atoms with Crippen molar-refractivity contribution in [2.45, 2.75) is 45.4 Å². The van der Waals surface area contributed by atoms with Crippen LogP contribution in [0.3, 0.4) is 0 Å². The van der Waals surface area contributed by atoms with Crippen LogP contribution in [0, 0.1) is 11.7 Å². The number of aryl methyl sites for hydroxylation is 1. The van der Waals surface area contributed by atoms with Crippen molar-refractivity contribution in [1.82, 2.24) is 24.2 Å². The average molecular weight is 559 g/mol. The van der Waals surface area contributed by atoms with Gasteiger partial charge in [-0.05, 0) is 86.5 Å². The van der Waals surface area contributed by atoms with Gasteiger partial charge in [-0.25, -0.2) is 14.4 Å². The number of likely N-dealkylation sites (tertiary alicyclic amines) is 2. The Kier molecular flexibility index (Phi) is 7.64. The summed E-state index contributed by atoms with van der Waals surface area (Å²) >= 11 is 1.59. The van der Waals surface area contributed by atoms with Gasteiger partial charge >= 0.3 is 0 Å². The first kappa shape index (κ1) is 27.0. The number of thiazole rings is 1. The highest BCUT2D eigenvalue weighted by Crippen LogP contribution is 2.35. The van der Waals surface area contributed by atoms with Crippen LogP contribution >= 0.6 is 11.3 Å². The number of halogens is 1. The van der Waals surface area contributed by atoms with Gasteiger partial charge in [0.05, 0.1) is 11.4 Å². The minimum Gasteiger partial charge on any atom is -0.374 e. The van der Waals surface area contributed by atoms with Crippen molar-refractivity contribution in [3.05, 3.63) is 77.3 Å². The lowest BCUT2D eigenvalue weighted by atomic mass is 9.90. The molecule has 1 unspecified atom stereocenters. The number of anilines is 2. The predicted molar refractivity (Wildman–Crippen MR) is 163 cm³/mol. The fraction of sp³-hybridized carbons (Fsp3) is 0.438. The number of imidazole rings is 1. The fourth-order valence-electron chi connectivity index (χ4n) is 6.20. The van der Waals surface area contributed by atoms with Crippen LogP contribution in [0.15, 0.2) is 60.3 Å². The number of nitrogens with zero attached hydrogens (tertiary/aromatic N) is 6. The molecular weight excluding hydrogens is 519 g/mol. The molecule has 3 aromatic heterocycles. The van der Waals surface area contributed by atoms with Crippen LogP contribution in [0.1, 0.15) is 50.3 Å². The summed E-state index contributed by atoms with van der Waals surface area (Å²) < 4.78 is 15.7. The van der Waals surface area contributed by atoms with Crippen LogP contribution < -0.4 is 4.90 Å². The predicted octanol–water partition coefficient (Wildman–Crippen LogP) is 6.96. The molecule has 40 heavy (non-hydrogen) atoms. The van der Waals surface area contributed by atoms with Gasteiger partial charge in [0.2, 0.25) is 0 Å². The van der Waals surface area contributed by atoms with E-state index in [9.17, 15) is 4.39 Å². The summed E-state index contributed by atoms with van der Waals surface area (Å²) in [5.41, 5.74) is 6.45. The summed E-state index contributed by atoms with van der Waals surface area (Å²) in [5.74, 6) is 2.15. The fourth-order valence-corrected chi connectivity index (χ4v) is 7.00. The SMILES string of the molecule is C=C(CN1CCC(c2ccc3nc(CC)c(N(C)c4nc(-c5ccc(F)cc5)cs4)n3c2)CC1)N1CCC(C)C1. The molecule has 1 aromatic carbocycles. The van der Waals surface area contributed by atoms with Crippen molar-refractivity contribution in [2.24, 2.45) is 5.92 Å². The van der Waals surface area contributed by atoms with Crippen LogP contribution in [0.5, 0.6) is 0 Å². The van der Waals surface area contributed by atoms with Gasteiger partial charge in [0.1, 0.15) is 17.3 Å². The summed E-state index contributed by atoms with van der Waals surface area (Å²) in [5, 5.41) is 2.92. The van der Waals surface area contributed by atoms with E-state index in [4.69, 9.17) is 9.97 Å². The van der Waals surface area contributed by atoms with Crippen molar-refractivity contribution in [3.63, 3.8) is 0 Å². The maximum atomic E-state index is 13.4. The highest BCUT2D eigenvalue weighted by atomic mass is 32.1. The van der Waals surface area contributed by atoms with E-state index >= 15 is 0 Å². The molecule has 1 atom stereocenters. The van der Waals surface area contributed by atoms with Crippen molar-refractivity contribution in [1.29, 1.82) is 0 Å². The van der Waals surface area contributed by atoms with E-state index in [0.29, 0.717) is 5.92 Å². The Morgan fingerprint density at radius 3 is 2.55 bits per heavy atom. The van der Waals surface area contributed by atoms with Gasteiger partial charge in [0.15, 0.2) is 5.13 Å². The van der Waals surface area contributed by atoms with E-state index in [2.05, 4.69) is 64.9 Å². The summed E-state index contributed by atoms with van der Waals surface area (Å²) in [4.78, 5) is 17.1. The maximum Gasteiger partial charge on any atom is 0.191 e. The van der Waals surface area contributed by atoms with Gasteiger partial charge in [-0.15, -0.1) is 11.3 Å². The molecule has 8 heteroatoms. The van der Waals surface area contributed by atoms with Crippen molar-refractivity contribution < 1.29 is 4.39 Å². The number of hydrogen-bond donors (Lipinski definition) is 0. The van der Waals surface area contributed by atoms with Crippen molar-refractivity contribution in [2.75, 3.05) is 44.7 Å². The molecule has 0 amide bonds. The van der Waals surface area contributed by atoms with E-state index in [1.54, 1.807) is 23.5 Å². The molecule has 0 spiro atoms. The van der Waals surface area contributed by atoms with Crippen molar-refractivity contribution >= 4 is 27.9 Å². The number of hydrogen-bond acceptors (Lipinski definition) is 6. The zero-order valence-electron chi connectivity index (χ0n) is 23.8. The van der Waals surface area contributed by atoms with Crippen LogP contribution in [-0.2, 0) is 6.42 Å². The smallest absolute Gasteiger partial charge is 0.191 e. The third kappa shape index (κ3) is 5.39. The number of aromatic nitrogens is 3. The minimum atomic E-state index is -0.238. The topological polar surface area (TPSA) is 39.9 Å². The molecule has 2 aliphatic heterocycles. The molecule has 2 saturated heterocycles. The van der Waals surface area contributed by atoms with Gasteiger partial charge < -0.3 is 9.80 Å². The first-order valence-corrected chi connectivity index (χ1v) is 15.4. The summed E-state index contributed by atoms with van der Waals surface area (Å²) in [6, 6.07) is 11.0. The Bertz CT molecular complexity index is 1480. The Balaban J connectivity index is 1.19. The minimum absolute atomic E-state index is 0.238. The molecule has 5 heterocycles. The summed E-state index contributed by atoms with van der Waals surface area (Å²) in [7, 11) is 2.06. The van der Waals surface area contributed by atoms with E-state index < -0.39 is 0 Å². The summed E-state index contributed by atoms with van der Waals surface area (Å²) in [6.45, 7) is 14.4. The van der Waals surface area contributed by atoms with Crippen LogP contribution in [0.4, 0.5) is 15.3 Å². The van der Waals surface area contributed by atoms with Crippen LogP contribution in [0.25, 0.3) is 16.9 Å². The molecule has 0 radical (unpaired) electrons. The number of benzene rings is 1. The Labute approximate surface area is 240 Å². The molecular formula is C32H39FN6S. The second-order valence-electron chi connectivity index (χ2n) is 11.5. The van der Waals surface area contributed by atoms with Crippen LogP contribution in [0.2, 0.25) is 0 Å². The Morgan fingerprint density at radius 2 is 1.85 bits per heavy atom. The zero-order valence-corrected chi connectivity index (χ0v) is 24.6. The van der Waals surface area contributed by atoms with E-state index in [0.717, 1.165) is 91.5 Å². The van der Waals surface area contributed by atoms with Gasteiger partial charge in [0, 0.05) is 49.5 Å². The number of rotatable bonds is 8. The molecule has 0 aliphatic carbocycles. The first-order valence-electron chi connectivity index (χ1n) is 14.5. The number of fused-ring (bicyclic) bond motifs is 1. The molecule has 210 valence electrons. The quantitative estimate of drug-likeness (QED) is 0.234. The van der Waals surface area contributed by atoms with E-state index in [1.165, 1.54) is 29.8 Å². The highest BCUT2D eigenvalue weighted by molar-refractivity contribution is 7.14. The third-order valence-electron chi connectivity index (χ3n) is 8.59. The molecule has 2 fully saturated rings. The molecule has 0 saturated carbocycles. The molecule has 4 aromatic rings. The lowest BCUT2D eigenvalue weighted by Gasteiger charge is -2.34. The second-order valence-corrected chi connectivity index (χ2v) is 12.3. The molecule has 6 nitrogen and oxygen atoms in total. The zero-order chi connectivity index (χ0) is 27.8. The molecule has 0 N–H and O–H groups in total. The average Bonchev–Trinajstić information content (AvgIpc) is 3.71. The number of piperidine rings is 1. The van der Waals surface area contributed by atoms with E-state index in [-0.39, 0.29) is 5.82 Å². The number of pyridine rings is 1. The first-order chi connectivity index (χ1) is 19.4.